The number of imide groups is 1. The zero-order valence-corrected chi connectivity index (χ0v) is 14.3. The Morgan fingerprint density at radius 3 is 2.43 bits per heavy atom. The first-order chi connectivity index (χ1) is 10.8. The second-order valence-electron chi connectivity index (χ2n) is 5.80. The lowest BCUT2D eigenvalue weighted by atomic mass is 10.1. The van der Waals surface area contributed by atoms with E-state index in [9.17, 15) is 23.9 Å². The van der Waals surface area contributed by atoms with Crippen molar-refractivity contribution in [2.45, 2.75) is 37.1 Å². The second kappa shape index (κ2) is 6.88. The summed E-state index contributed by atoms with van der Waals surface area (Å²) >= 11 is 3.17. The van der Waals surface area contributed by atoms with Crippen molar-refractivity contribution in [1.29, 1.82) is 0 Å². The van der Waals surface area contributed by atoms with E-state index in [0.717, 1.165) is 0 Å². The summed E-state index contributed by atoms with van der Waals surface area (Å²) in [5, 5.41) is 9.51. The molecule has 3 atom stereocenters. The summed E-state index contributed by atoms with van der Waals surface area (Å²) < 4.78 is 12.3. The van der Waals surface area contributed by atoms with Crippen molar-refractivity contribution >= 4 is 33.7 Å². The molecule has 1 aliphatic rings. The minimum absolute atomic E-state index is 0.215. The Hall–Kier alpha value is -1.60. The SMILES string of the molecule is C[C@@H]1CCC[N+]1(C(=O)O)C(=O)CC(Br)C(=O)c1ccc(F)cc1. The molecule has 1 fully saturated rings. The van der Waals surface area contributed by atoms with Gasteiger partial charge in [0.2, 0.25) is 0 Å². The van der Waals surface area contributed by atoms with Crippen LogP contribution in [0.5, 0.6) is 0 Å². The molecule has 0 aromatic heterocycles. The first kappa shape index (κ1) is 17.7. The van der Waals surface area contributed by atoms with E-state index in [1.165, 1.54) is 24.3 Å². The van der Waals surface area contributed by atoms with Gasteiger partial charge < -0.3 is 5.11 Å². The van der Waals surface area contributed by atoms with Crippen LogP contribution in [0.25, 0.3) is 0 Å². The number of hydrogen-bond donors (Lipinski definition) is 1. The molecule has 7 heteroatoms. The molecule has 2 unspecified atom stereocenters. The Morgan fingerprint density at radius 2 is 1.96 bits per heavy atom. The minimum Gasteiger partial charge on any atom is -0.435 e. The zero-order chi connectivity index (χ0) is 17.2. The van der Waals surface area contributed by atoms with Gasteiger partial charge in [-0.15, -0.1) is 0 Å². The summed E-state index contributed by atoms with van der Waals surface area (Å²) in [7, 11) is 0. The molecule has 0 bridgehead atoms. The number of benzene rings is 1. The number of amides is 2. The molecule has 5 nitrogen and oxygen atoms in total. The molecule has 1 N–H and O–H groups in total. The van der Waals surface area contributed by atoms with Crippen molar-refractivity contribution in [3.63, 3.8) is 0 Å². The number of rotatable bonds is 4. The molecule has 2 amide bonds. The number of alkyl halides is 1. The van der Waals surface area contributed by atoms with Crippen LogP contribution in [-0.2, 0) is 4.79 Å². The van der Waals surface area contributed by atoms with Crippen molar-refractivity contribution in [3.8, 4) is 0 Å². The third-order valence-electron chi connectivity index (χ3n) is 4.44. The summed E-state index contributed by atoms with van der Waals surface area (Å²) in [5.74, 6) is -1.31. The highest BCUT2D eigenvalue weighted by atomic mass is 79.9. The fourth-order valence-corrected chi connectivity index (χ4v) is 3.58. The van der Waals surface area contributed by atoms with Crippen molar-refractivity contribution in [1.82, 2.24) is 0 Å². The standard InChI is InChI=1S/C16H17BrFNO4/c1-10-3-2-8-19(10,16(22)23)14(20)9-13(17)15(21)11-4-6-12(18)7-5-11/h4-7,10,13H,2-3,8-9H2,1H3/p+1/t10-,13?,19?/m1/s1. The highest BCUT2D eigenvalue weighted by Gasteiger charge is 2.53. The fourth-order valence-electron chi connectivity index (χ4n) is 3.04. The van der Waals surface area contributed by atoms with E-state index < -0.39 is 27.1 Å². The van der Waals surface area contributed by atoms with Crippen molar-refractivity contribution in [2.24, 2.45) is 0 Å². The van der Waals surface area contributed by atoms with Crippen LogP contribution in [0, 0.1) is 5.82 Å². The summed E-state index contributed by atoms with van der Waals surface area (Å²) in [5.41, 5.74) is 0.275. The van der Waals surface area contributed by atoms with Crippen molar-refractivity contribution in [2.75, 3.05) is 6.54 Å². The average molecular weight is 387 g/mol. The molecule has 0 aliphatic carbocycles. The third kappa shape index (κ3) is 3.35. The van der Waals surface area contributed by atoms with E-state index in [2.05, 4.69) is 15.9 Å². The molecule has 23 heavy (non-hydrogen) atoms. The normalized spacial score (nSPS) is 25.1. The number of likely N-dealkylation sites (tertiary alicyclic amines) is 1. The third-order valence-corrected chi connectivity index (χ3v) is 5.18. The number of hydrogen-bond acceptors (Lipinski definition) is 3. The molecule has 1 heterocycles. The van der Waals surface area contributed by atoms with E-state index in [1.54, 1.807) is 6.92 Å². The average Bonchev–Trinajstić information content (AvgIpc) is 2.90. The lowest BCUT2D eigenvalue weighted by Crippen LogP contribution is -2.59. The minimum atomic E-state index is -1.17. The number of quaternary nitrogens is 1. The number of nitrogens with zero attached hydrogens (tertiary/aromatic N) is 1. The van der Waals surface area contributed by atoms with Crippen molar-refractivity contribution in [3.05, 3.63) is 35.6 Å². The number of carbonyl (C=O) groups is 3. The van der Waals surface area contributed by atoms with Crippen LogP contribution < -0.4 is 0 Å². The Morgan fingerprint density at radius 1 is 1.35 bits per heavy atom. The van der Waals surface area contributed by atoms with Gasteiger partial charge >= 0.3 is 12.0 Å². The molecule has 1 saturated heterocycles. The first-order valence-corrected chi connectivity index (χ1v) is 8.29. The van der Waals surface area contributed by atoms with Crippen LogP contribution >= 0.6 is 15.9 Å². The highest BCUT2D eigenvalue weighted by Crippen LogP contribution is 2.30. The van der Waals surface area contributed by atoms with Crippen LogP contribution in [0.1, 0.15) is 36.5 Å². The first-order valence-electron chi connectivity index (χ1n) is 7.37. The predicted molar refractivity (Wildman–Crippen MR) is 84.9 cm³/mol. The Labute approximate surface area is 141 Å². The fraction of sp³-hybridized carbons (Fsp3) is 0.438. The number of halogens is 2. The van der Waals surface area contributed by atoms with E-state index in [1.807, 2.05) is 0 Å². The van der Waals surface area contributed by atoms with Crippen molar-refractivity contribution < 1.29 is 28.4 Å². The van der Waals surface area contributed by atoms with Gasteiger partial charge in [-0.25, -0.2) is 9.18 Å². The van der Waals surface area contributed by atoms with E-state index in [4.69, 9.17) is 0 Å². The summed E-state index contributed by atoms with van der Waals surface area (Å²) in [4.78, 5) is 35.7. The predicted octanol–water partition coefficient (Wildman–Crippen LogP) is 3.37. The number of carbonyl (C=O) groups excluding carboxylic acids is 2. The van der Waals surface area contributed by atoms with Gasteiger partial charge in [0, 0.05) is 18.4 Å². The molecule has 0 spiro atoms. The zero-order valence-electron chi connectivity index (χ0n) is 12.7. The molecule has 1 aromatic carbocycles. The van der Waals surface area contributed by atoms with Crippen LogP contribution in [0.15, 0.2) is 24.3 Å². The molecule has 0 saturated carbocycles. The van der Waals surface area contributed by atoms with Gasteiger partial charge in [-0.3, -0.25) is 4.79 Å². The summed E-state index contributed by atoms with van der Waals surface area (Å²) in [6, 6.07) is 4.72. The van der Waals surface area contributed by atoms with Gasteiger partial charge in [-0.1, -0.05) is 15.9 Å². The largest absolute Gasteiger partial charge is 0.521 e. The molecule has 0 radical (unpaired) electrons. The van der Waals surface area contributed by atoms with Crippen LogP contribution in [0.4, 0.5) is 9.18 Å². The molecule has 2 rings (SSSR count). The van der Waals surface area contributed by atoms with Gasteiger partial charge in [-0.2, -0.15) is 9.28 Å². The highest BCUT2D eigenvalue weighted by molar-refractivity contribution is 9.10. The number of ketones is 1. The van der Waals surface area contributed by atoms with E-state index in [-0.39, 0.29) is 30.4 Å². The maximum absolute atomic E-state index is 12.9. The smallest absolute Gasteiger partial charge is 0.435 e. The molecule has 1 aromatic rings. The maximum atomic E-state index is 12.9. The molecule has 124 valence electrons. The van der Waals surface area contributed by atoms with Crippen LogP contribution in [0.3, 0.4) is 0 Å². The van der Waals surface area contributed by atoms with E-state index >= 15 is 0 Å². The number of Topliss-reactive ketones (excluding diaryl/α,β-unsaturated/α-hetero) is 1. The topological polar surface area (TPSA) is 71.4 Å². The second-order valence-corrected chi connectivity index (χ2v) is 6.91. The Bertz CT molecular complexity index is 633. The number of carboxylic acid groups (broad SMARTS) is 1. The maximum Gasteiger partial charge on any atom is 0.521 e. The summed E-state index contributed by atoms with van der Waals surface area (Å²) in [6.07, 6.45) is -0.0594. The van der Waals surface area contributed by atoms with Gasteiger partial charge in [0.25, 0.3) is 0 Å². The Kier molecular flexibility index (Phi) is 5.31. The molecular weight excluding hydrogens is 369 g/mol. The monoisotopic (exact) mass is 386 g/mol. The van der Waals surface area contributed by atoms with Gasteiger partial charge in [-0.05, 0) is 31.2 Å². The van der Waals surface area contributed by atoms with Gasteiger partial charge in [0.15, 0.2) is 5.78 Å². The molecular formula is C16H18BrFNO4+. The Balaban J connectivity index is 2.14. The quantitative estimate of drug-likeness (QED) is 0.489. The summed E-state index contributed by atoms with van der Waals surface area (Å²) in [6.45, 7) is 1.99. The lowest BCUT2D eigenvalue weighted by Gasteiger charge is -2.30. The van der Waals surface area contributed by atoms with Crippen LogP contribution in [-0.4, -0.2) is 44.8 Å². The lowest BCUT2D eigenvalue weighted by molar-refractivity contribution is -0.792. The van der Waals surface area contributed by atoms with Crippen LogP contribution in [0.2, 0.25) is 0 Å². The van der Waals surface area contributed by atoms with E-state index in [0.29, 0.717) is 12.8 Å². The molecule has 1 aliphatic heterocycles. The van der Waals surface area contributed by atoms with Gasteiger partial charge in [0.1, 0.15) is 11.9 Å². The van der Waals surface area contributed by atoms with Gasteiger partial charge in [0.05, 0.1) is 17.8 Å².